The Labute approximate surface area is 164 Å². The Hall–Kier alpha value is 0.470. The SMILES string of the molecule is CCCCCCCCC=CCCCCCCCC(=O)O.[Ca+2].[H-].[H-]. The first-order valence-electron chi connectivity index (χ1n) is 8.64. The van der Waals surface area contributed by atoms with Crippen LogP contribution in [0.4, 0.5) is 0 Å². The zero-order chi connectivity index (χ0) is 14.9. The van der Waals surface area contributed by atoms with Gasteiger partial charge in [-0.3, -0.25) is 4.79 Å². The summed E-state index contributed by atoms with van der Waals surface area (Å²) in [6.45, 7) is 2.26. The van der Waals surface area contributed by atoms with E-state index >= 15 is 0 Å². The molecule has 3 heteroatoms. The van der Waals surface area contributed by atoms with Gasteiger partial charge >= 0.3 is 43.7 Å². The third-order valence-electron chi connectivity index (χ3n) is 3.65. The normalized spacial score (nSPS) is 10.7. The molecule has 0 saturated heterocycles. The maximum Gasteiger partial charge on any atom is 2.00 e. The maximum absolute atomic E-state index is 10.3. The summed E-state index contributed by atoms with van der Waals surface area (Å²) in [5.74, 6) is -0.664. The standard InChI is InChI=1S/C18H34O2.Ca.2H/c1-2-3-4-5-6-7-8-9-10-11-12-13-14-15-16-17-18(19)20;;;/h9-10H,2-8,11-17H2,1H3,(H,19,20);;;/q;+2;2*-1. The zero-order valence-corrected chi connectivity index (χ0v) is 16.3. The second kappa shape index (κ2) is 20.5. The molecule has 0 saturated carbocycles. The number of hydrogen-bond acceptors (Lipinski definition) is 1. The van der Waals surface area contributed by atoms with E-state index in [1.807, 2.05) is 0 Å². The molecule has 0 rings (SSSR count). The van der Waals surface area contributed by atoms with E-state index in [-0.39, 0.29) is 40.6 Å². The fourth-order valence-electron chi connectivity index (χ4n) is 2.35. The van der Waals surface area contributed by atoms with Gasteiger partial charge in [0.2, 0.25) is 0 Å². The van der Waals surface area contributed by atoms with Crippen molar-refractivity contribution in [3.05, 3.63) is 12.2 Å². The minimum atomic E-state index is -0.664. The van der Waals surface area contributed by atoms with Gasteiger partial charge in [0.25, 0.3) is 0 Å². The summed E-state index contributed by atoms with van der Waals surface area (Å²) in [6.07, 6.45) is 21.2. The number of unbranched alkanes of at least 4 members (excludes halogenated alkanes) is 11. The molecule has 2 nitrogen and oxygen atoms in total. The number of hydrogen-bond donors (Lipinski definition) is 1. The summed E-state index contributed by atoms with van der Waals surface area (Å²) in [7, 11) is 0. The first kappa shape index (κ1) is 23.7. The Morgan fingerprint density at radius 3 is 1.71 bits per heavy atom. The molecule has 0 atom stereocenters. The maximum atomic E-state index is 10.3. The summed E-state index contributed by atoms with van der Waals surface area (Å²) >= 11 is 0. The van der Waals surface area contributed by atoms with E-state index in [9.17, 15) is 4.79 Å². The van der Waals surface area contributed by atoms with Gasteiger partial charge < -0.3 is 7.96 Å². The van der Waals surface area contributed by atoms with Crippen molar-refractivity contribution in [3.63, 3.8) is 0 Å². The zero-order valence-electron chi connectivity index (χ0n) is 16.1. The van der Waals surface area contributed by atoms with Crippen LogP contribution in [-0.2, 0) is 4.79 Å². The van der Waals surface area contributed by atoms with Gasteiger partial charge in [-0.2, -0.15) is 0 Å². The number of aliphatic carboxylic acids is 1. The molecule has 0 aromatic rings. The third-order valence-corrected chi connectivity index (χ3v) is 3.65. The number of carbonyl (C=O) groups is 1. The molecule has 21 heavy (non-hydrogen) atoms. The average Bonchev–Trinajstić information content (AvgIpc) is 2.43. The summed E-state index contributed by atoms with van der Waals surface area (Å²) in [5.41, 5.74) is 0. The van der Waals surface area contributed by atoms with E-state index in [1.54, 1.807) is 0 Å². The van der Waals surface area contributed by atoms with E-state index < -0.39 is 5.97 Å². The van der Waals surface area contributed by atoms with E-state index in [1.165, 1.54) is 70.6 Å². The molecule has 0 heterocycles. The second-order valence-corrected chi connectivity index (χ2v) is 5.73. The van der Waals surface area contributed by atoms with E-state index in [2.05, 4.69) is 19.1 Å². The molecule has 0 aromatic heterocycles. The predicted molar refractivity (Wildman–Crippen MR) is 95.1 cm³/mol. The van der Waals surface area contributed by atoms with Crippen molar-refractivity contribution in [2.75, 3.05) is 0 Å². The first-order valence-corrected chi connectivity index (χ1v) is 8.64. The topological polar surface area (TPSA) is 37.3 Å². The van der Waals surface area contributed by atoms with Gasteiger partial charge in [-0.25, -0.2) is 0 Å². The van der Waals surface area contributed by atoms with Crippen molar-refractivity contribution < 1.29 is 12.8 Å². The fraction of sp³-hybridized carbons (Fsp3) is 0.833. The van der Waals surface area contributed by atoms with Crippen LogP contribution in [0, 0.1) is 0 Å². The quantitative estimate of drug-likeness (QED) is 0.229. The number of allylic oxidation sites excluding steroid dienone is 2. The Balaban J connectivity index is -0.000000602. The predicted octanol–water partition coefficient (Wildman–Crippen LogP) is 5.95. The van der Waals surface area contributed by atoms with Crippen LogP contribution >= 0.6 is 0 Å². The molecule has 0 aromatic carbocycles. The molecule has 0 radical (unpaired) electrons. The van der Waals surface area contributed by atoms with Crippen LogP contribution in [0.5, 0.6) is 0 Å². The summed E-state index contributed by atoms with van der Waals surface area (Å²) in [4.78, 5) is 10.3. The molecule has 0 unspecified atom stereocenters. The molecule has 0 bridgehead atoms. The van der Waals surface area contributed by atoms with Gasteiger partial charge in [-0.15, -0.1) is 0 Å². The van der Waals surface area contributed by atoms with E-state index in [0.29, 0.717) is 6.42 Å². The van der Waals surface area contributed by atoms with Crippen molar-refractivity contribution in [3.8, 4) is 0 Å². The van der Waals surface area contributed by atoms with Crippen LogP contribution in [0.1, 0.15) is 99.7 Å². The Morgan fingerprint density at radius 1 is 0.810 bits per heavy atom. The second-order valence-electron chi connectivity index (χ2n) is 5.73. The van der Waals surface area contributed by atoms with Gasteiger partial charge in [-0.1, -0.05) is 70.4 Å². The largest absolute Gasteiger partial charge is 2.00 e. The summed E-state index contributed by atoms with van der Waals surface area (Å²) in [6, 6.07) is 0. The van der Waals surface area contributed by atoms with E-state index in [4.69, 9.17) is 5.11 Å². The van der Waals surface area contributed by atoms with Crippen molar-refractivity contribution in [1.82, 2.24) is 0 Å². The first-order chi connectivity index (χ1) is 9.77. The summed E-state index contributed by atoms with van der Waals surface area (Å²) < 4.78 is 0. The molecular formula is C18H36CaO2. The minimum Gasteiger partial charge on any atom is -1.00 e. The summed E-state index contributed by atoms with van der Waals surface area (Å²) in [5, 5.41) is 8.51. The van der Waals surface area contributed by atoms with Crippen LogP contribution in [0.2, 0.25) is 0 Å². The smallest absolute Gasteiger partial charge is 1.00 e. The Morgan fingerprint density at radius 2 is 1.24 bits per heavy atom. The van der Waals surface area contributed by atoms with Gasteiger partial charge in [0.15, 0.2) is 0 Å². The van der Waals surface area contributed by atoms with Crippen LogP contribution in [0.15, 0.2) is 12.2 Å². The van der Waals surface area contributed by atoms with Crippen LogP contribution < -0.4 is 0 Å². The van der Waals surface area contributed by atoms with Crippen LogP contribution in [0.3, 0.4) is 0 Å². The van der Waals surface area contributed by atoms with Crippen molar-refractivity contribution in [1.29, 1.82) is 0 Å². The molecule has 0 aliphatic rings. The van der Waals surface area contributed by atoms with Gasteiger partial charge in [0.05, 0.1) is 0 Å². The van der Waals surface area contributed by atoms with E-state index in [0.717, 1.165) is 12.8 Å². The van der Waals surface area contributed by atoms with Crippen LogP contribution in [0.25, 0.3) is 0 Å². The van der Waals surface area contributed by atoms with Crippen molar-refractivity contribution in [2.45, 2.75) is 96.8 Å². The van der Waals surface area contributed by atoms with Crippen molar-refractivity contribution in [2.24, 2.45) is 0 Å². The number of carboxylic acid groups (broad SMARTS) is 1. The molecule has 122 valence electrons. The molecule has 1 N–H and O–H groups in total. The minimum absolute atomic E-state index is 0. The monoisotopic (exact) mass is 324 g/mol. The third kappa shape index (κ3) is 22.9. The number of rotatable bonds is 15. The molecule has 0 fully saturated rings. The van der Waals surface area contributed by atoms with Gasteiger partial charge in [0, 0.05) is 6.42 Å². The average molecular weight is 325 g/mol. The van der Waals surface area contributed by atoms with Gasteiger partial charge in [-0.05, 0) is 32.1 Å². The van der Waals surface area contributed by atoms with Crippen LogP contribution in [-0.4, -0.2) is 48.8 Å². The molecule has 0 aliphatic carbocycles. The van der Waals surface area contributed by atoms with Crippen molar-refractivity contribution >= 4 is 43.7 Å². The molecular weight excluding hydrogens is 288 g/mol. The molecule has 0 amide bonds. The Kier molecular flexibility index (Phi) is 23.1. The number of carboxylic acids is 1. The fourth-order valence-corrected chi connectivity index (χ4v) is 2.35. The van der Waals surface area contributed by atoms with Gasteiger partial charge in [0.1, 0.15) is 0 Å². The molecule has 0 spiro atoms. The molecule has 0 aliphatic heterocycles. The Bertz CT molecular complexity index is 249.